The number of nitrogens with one attached hydrogen (secondary N) is 2. The van der Waals surface area contributed by atoms with Crippen molar-refractivity contribution in [3.05, 3.63) is 64.3 Å². The standard InChI is InChI=1S/C17H15Cl2N3.ClH/c1-20-9-11-3-2-4-12(7-11)16-10-21-17(22-16)13-5-6-14(18)15(19)8-13;/h2-8,10,20H,9H2,1H3,(H,21,22);1H. The van der Waals surface area contributed by atoms with Crippen LogP contribution in [-0.2, 0) is 6.54 Å². The van der Waals surface area contributed by atoms with E-state index in [4.69, 9.17) is 23.2 Å². The van der Waals surface area contributed by atoms with Gasteiger partial charge in [0.2, 0.25) is 0 Å². The lowest BCUT2D eigenvalue weighted by molar-refractivity contribution is 0.818. The lowest BCUT2D eigenvalue weighted by atomic mass is 10.1. The summed E-state index contributed by atoms with van der Waals surface area (Å²) in [7, 11) is 1.94. The highest BCUT2D eigenvalue weighted by molar-refractivity contribution is 6.42. The molecule has 0 bridgehead atoms. The third-order valence-electron chi connectivity index (χ3n) is 3.39. The number of benzene rings is 2. The van der Waals surface area contributed by atoms with E-state index < -0.39 is 0 Å². The molecule has 0 unspecified atom stereocenters. The van der Waals surface area contributed by atoms with E-state index in [1.54, 1.807) is 6.07 Å². The summed E-state index contributed by atoms with van der Waals surface area (Å²) in [5.74, 6) is 0.771. The molecule has 3 aromatic rings. The Balaban J connectivity index is 0.00000192. The topological polar surface area (TPSA) is 40.7 Å². The molecule has 1 aromatic heterocycles. The number of imidazole rings is 1. The quantitative estimate of drug-likeness (QED) is 0.665. The van der Waals surface area contributed by atoms with Gasteiger partial charge >= 0.3 is 0 Å². The highest BCUT2D eigenvalue weighted by Gasteiger charge is 2.08. The Morgan fingerprint density at radius 3 is 2.61 bits per heavy atom. The van der Waals surface area contributed by atoms with Crippen molar-refractivity contribution < 1.29 is 0 Å². The molecule has 0 aliphatic carbocycles. The second-order valence-electron chi connectivity index (χ2n) is 5.01. The fraction of sp³-hybridized carbons (Fsp3) is 0.118. The Labute approximate surface area is 151 Å². The summed E-state index contributed by atoms with van der Waals surface area (Å²) in [6, 6.07) is 13.8. The maximum absolute atomic E-state index is 6.06. The van der Waals surface area contributed by atoms with E-state index in [1.807, 2.05) is 31.4 Å². The van der Waals surface area contributed by atoms with E-state index in [2.05, 4.69) is 33.5 Å². The zero-order valence-corrected chi connectivity index (χ0v) is 14.8. The fourth-order valence-electron chi connectivity index (χ4n) is 2.31. The first kappa shape index (κ1) is 17.8. The summed E-state index contributed by atoms with van der Waals surface area (Å²) in [5, 5.41) is 4.21. The molecule has 3 nitrogen and oxygen atoms in total. The maximum Gasteiger partial charge on any atom is 0.137 e. The molecule has 0 saturated heterocycles. The monoisotopic (exact) mass is 367 g/mol. The fourth-order valence-corrected chi connectivity index (χ4v) is 2.61. The Bertz CT molecular complexity index is 799. The van der Waals surface area contributed by atoms with Gasteiger partial charge in [0.1, 0.15) is 5.82 Å². The summed E-state index contributed by atoms with van der Waals surface area (Å²) >= 11 is 12.0. The molecule has 0 radical (unpaired) electrons. The molecule has 0 fully saturated rings. The van der Waals surface area contributed by atoms with E-state index in [1.165, 1.54) is 5.56 Å². The molecule has 6 heteroatoms. The van der Waals surface area contributed by atoms with Crippen LogP contribution in [0.3, 0.4) is 0 Å². The van der Waals surface area contributed by atoms with Gasteiger partial charge in [-0.25, -0.2) is 4.98 Å². The van der Waals surface area contributed by atoms with Gasteiger partial charge in [0.25, 0.3) is 0 Å². The van der Waals surface area contributed by atoms with Crippen LogP contribution < -0.4 is 5.32 Å². The van der Waals surface area contributed by atoms with E-state index in [0.29, 0.717) is 10.0 Å². The number of halogens is 3. The zero-order valence-electron chi connectivity index (χ0n) is 12.4. The molecule has 0 atom stereocenters. The number of aromatic amines is 1. The summed E-state index contributed by atoms with van der Waals surface area (Å²) in [5.41, 5.74) is 4.21. The number of aromatic nitrogens is 2. The van der Waals surface area contributed by atoms with Gasteiger partial charge in [-0.3, -0.25) is 0 Å². The predicted molar refractivity (Wildman–Crippen MR) is 99.5 cm³/mol. The average Bonchev–Trinajstić information content (AvgIpc) is 3.01. The number of hydrogen-bond donors (Lipinski definition) is 2. The van der Waals surface area contributed by atoms with Crippen molar-refractivity contribution in [1.82, 2.24) is 15.3 Å². The van der Waals surface area contributed by atoms with Gasteiger partial charge in [-0.05, 0) is 42.4 Å². The average molecular weight is 369 g/mol. The first-order valence-corrected chi connectivity index (χ1v) is 7.67. The Morgan fingerprint density at radius 2 is 1.87 bits per heavy atom. The smallest absolute Gasteiger partial charge is 0.137 e. The molecule has 0 saturated carbocycles. The third kappa shape index (κ3) is 4.06. The number of H-pyrrole nitrogens is 1. The van der Waals surface area contributed by atoms with Crippen LogP contribution in [-0.4, -0.2) is 17.0 Å². The Hall–Kier alpha value is -1.52. The molecule has 0 aliphatic rings. The largest absolute Gasteiger partial charge is 0.338 e. The van der Waals surface area contributed by atoms with Gasteiger partial charge in [-0.1, -0.05) is 41.4 Å². The van der Waals surface area contributed by atoms with Crippen LogP contribution in [0, 0.1) is 0 Å². The van der Waals surface area contributed by atoms with Crippen LogP contribution in [0.1, 0.15) is 5.56 Å². The van der Waals surface area contributed by atoms with Gasteiger partial charge in [0.15, 0.2) is 0 Å². The summed E-state index contributed by atoms with van der Waals surface area (Å²) in [4.78, 5) is 7.76. The van der Waals surface area contributed by atoms with Crippen molar-refractivity contribution in [2.45, 2.75) is 6.54 Å². The zero-order chi connectivity index (χ0) is 15.5. The summed E-state index contributed by atoms with van der Waals surface area (Å²) in [6.07, 6.45) is 1.83. The molecule has 0 spiro atoms. The highest BCUT2D eigenvalue weighted by atomic mass is 35.5. The lowest BCUT2D eigenvalue weighted by Crippen LogP contribution is -2.04. The molecule has 0 amide bonds. The van der Waals surface area contributed by atoms with E-state index >= 15 is 0 Å². The second kappa shape index (κ2) is 7.84. The normalized spacial score (nSPS) is 10.4. The molecule has 120 valence electrons. The molecule has 0 aliphatic heterocycles. The van der Waals surface area contributed by atoms with Crippen LogP contribution in [0.15, 0.2) is 48.7 Å². The van der Waals surface area contributed by atoms with E-state index in [0.717, 1.165) is 29.2 Å². The van der Waals surface area contributed by atoms with Crippen molar-refractivity contribution in [2.24, 2.45) is 0 Å². The minimum atomic E-state index is 0. The number of rotatable bonds is 4. The van der Waals surface area contributed by atoms with Crippen LogP contribution in [0.25, 0.3) is 22.6 Å². The van der Waals surface area contributed by atoms with E-state index in [9.17, 15) is 0 Å². The minimum absolute atomic E-state index is 0. The SMILES string of the molecule is CNCc1cccc(-c2cnc(-c3ccc(Cl)c(Cl)c3)[nH]2)c1.Cl. The van der Waals surface area contributed by atoms with Gasteiger partial charge in [-0.2, -0.15) is 0 Å². The van der Waals surface area contributed by atoms with Gasteiger partial charge in [-0.15, -0.1) is 12.4 Å². The van der Waals surface area contributed by atoms with Gasteiger partial charge in [0.05, 0.1) is 21.9 Å². The Kier molecular flexibility index (Phi) is 6.08. The van der Waals surface area contributed by atoms with Gasteiger partial charge < -0.3 is 10.3 Å². The number of nitrogens with zero attached hydrogens (tertiary/aromatic N) is 1. The second-order valence-corrected chi connectivity index (χ2v) is 5.82. The van der Waals surface area contributed by atoms with Crippen molar-refractivity contribution in [2.75, 3.05) is 7.05 Å². The van der Waals surface area contributed by atoms with Crippen LogP contribution in [0.5, 0.6) is 0 Å². The Morgan fingerprint density at radius 1 is 1.04 bits per heavy atom. The first-order valence-electron chi connectivity index (χ1n) is 6.91. The van der Waals surface area contributed by atoms with Crippen molar-refractivity contribution in [1.29, 1.82) is 0 Å². The summed E-state index contributed by atoms with van der Waals surface area (Å²) < 4.78 is 0. The molecule has 2 N–H and O–H groups in total. The molecule has 3 rings (SSSR count). The van der Waals surface area contributed by atoms with Crippen molar-refractivity contribution >= 4 is 35.6 Å². The first-order chi connectivity index (χ1) is 10.7. The minimum Gasteiger partial charge on any atom is -0.338 e. The molecular formula is C17H16Cl3N3. The van der Waals surface area contributed by atoms with Crippen molar-refractivity contribution in [3.8, 4) is 22.6 Å². The van der Waals surface area contributed by atoms with E-state index in [-0.39, 0.29) is 12.4 Å². The van der Waals surface area contributed by atoms with Crippen LogP contribution >= 0.6 is 35.6 Å². The van der Waals surface area contributed by atoms with Crippen LogP contribution in [0.2, 0.25) is 10.0 Å². The van der Waals surface area contributed by atoms with Gasteiger partial charge in [0, 0.05) is 12.1 Å². The number of hydrogen-bond acceptors (Lipinski definition) is 2. The third-order valence-corrected chi connectivity index (χ3v) is 4.13. The highest BCUT2D eigenvalue weighted by Crippen LogP contribution is 2.28. The molecule has 2 aromatic carbocycles. The van der Waals surface area contributed by atoms with Crippen molar-refractivity contribution in [3.63, 3.8) is 0 Å². The molecule has 23 heavy (non-hydrogen) atoms. The predicted octanol–water partition coefficient (Wildman–Crippen LogP) is 5.19. The lowest BCUT2D eigenvalue weighted by Gasteiger charge is -2.03. The molecule has 1 heterocycles. The van der Waals surface area contributed by atoms with Crippen LogP contribution in [0.4, 0.5) is 0 Å². The summed E-state index contributed by atoms with van der Waals surface area (Å²) in [6.45, 7) is 0.835. The molecular weight excluding hydrogens is 353 g/mol. The maximum atomic E-state index is 6.06.